The predicted octanol–water partition coefficient (Wildman–Crippen LogP) is 1.20. The molecule has 1 rings (SSSR count). The quantitative estimate of drug-likeness (QED) is 0.705. The van der Waals surface area contributed by atoms with Crippen LogP contribution < -0.4 is 0 Å². The van der Waals surface area contributed by atoms with Crippen molar-refractivity contribution in [2.75, 3.05) is 33.9 Å². The molecule has 4 heteroatoms. The Kier molecular flexibility index (Phi) is 6.57. The molecule has 0 bridgehead atoms. The number of rotatable bonds is 8. The van der Waals surface area contributed by atoms with Gasteiger partial charge >= 0.3 is 0 Å². The van der Waals surface area contributed by atoms with E-state index in [1.165, 1.54) is 0 Å². The molecule has 100 valence electrons. The molecule has 1 N–H and O–H groups in total. The summed E-state index contributed by atoms with van der Waals surface area (Å²) < 4.78 is 4.86. The molecule has 0 aliphatic heterocycles. The van der Waals surface area contributed by atoms with E-state index in [0.717, 1.165) is 5.56 Å². The van der Waals surface area contributed by atoms with Gasteiger partial charge < -0.3 is 14.7 Å². The highest BCUT2D eigenvalue weighted by Gasteiger charge is 2.10. The number of ether oxygens (including phenoxy) is 1. The molecule has 1 aromatic carbocycles. The largest absolute Gasteiger partial charge is 0.389 e. The lowest BCUT2D eigenvalue weighted by Crippen LogP contribution is -2.33. The molecular weight excluding hydrogens is 230 g/mol. The second kappa shape index (κ2) is 7.97. The van der Waals surface area contributed by atoms with E-state index in [9.17, 15) is 9.90 Å². The Balaban J connectivity index is 2.30. The summed E-state index contributed by atoms with van der Waals surface area (Å²) in [5.41, 5.74) is 0.739. The van der Waals surface area contributed by atoms with Crippen molar-refractivity contribution in [3.05, 3.63) is 35.9 Å². The molecule has 0 saturated carbocycles. The van der Waals surface area contributed by atoms with E-state index in [4.69, 9.17) is 4.74 Å². The van der Waals surface area contributed by atoms with Crippen LogP contribution in [0.5, 0.6) is 0 Å². The van der Waals surface area contributed by atoms with E-state index in [0.29, 0.717) is 26.1 Å². The van der Waals surface area contributed by atoms with Crippen LogP contribution in [0.25, 0.3) is 0 Å². The number of benzene rings is 1. The first-order chi connectivity index (χ1) is 8.63. The van der Waals surface area contributed by atoms with Crippen molar-refractivity contribution in [2.45, 2.75) is 12.5 Å². The van der Waals surface area contributed by atoms with Gasteiger partial charge in [0.05, 0.1) is 12.7 Å². The van der Waals surface area contributed by atoms with Crippen molar-refractivity contribution in [3.8, 4) is 0 Å². The normalized spacial score (nSPS) is 12.7. The number of nitrogens with zero attached hydrogens (tertiary/aromatic N) is 1. The first-order valence-electron chi connectivity index (χ1n) is 6.07. The Morgan fingerprint density at radius 2 is 2.06 bits per heavy atom. The monoisotopic (exact) mass is 251 g/mol. The van der Waals surface area contributed by atoms with Gasteiger partial charge in [-0.1, -0.05) is 30.3 Å². The number of aliphatic hydroxyl groups is 1. The van der Waals surface area contributed by atoms with Gasteiger partial charge in [0.25, 0.3) is 0 Å². The van der Waals surface area contributed by atoms with Crippen LogP contribution in [0.4, 0.5) is 0 Å². The standard InChI is InChI=1S/C14H21NO3/c1-15(10-13(16)11-18-2)9-8-14(17)12-6-4-3-5-7-12/h3-7,13,16H,8-11H2,1-2H3. The zero-order chi connectivity index (χ0) is 13.4. The molecule has 0 saturated heterocycles. The lowest BCUT2D eigenvalue weighted by atomic mass is 10.1. The van der Waals surface area contributed by atoms with Crippen LogP contribution in [0.15, 0.2) is 30.3 Å². The van der Waals surface area contributed by atoms with E-state index >= 15 is 0 Å². The third-order valence-corrected chi connectivity index (χ3v) is 2.70. The lowest BCUT2D eigenvalue weighted by Gasteiger charge is -2.19. The predicted molar refractivity (Wildman–Crippen MR) is 70.8 cm³/mol. The maximum absolute atomic E-state index is 11.8. The van der Waals surface area contributed by atoms with Gasteiger partial charge in [-0.25, -0.2) is 0 Å². The maximum atomic E-state index is 11.8. The van der Waals surface area contributed by atoms with E-state index in [-0.39, 0.29) is 5.78 Å². The fraction of sp³-hybridized carbons (Fsp3) is 0.500. The number of Topliss-reactive ketones (excluding diaryl/α,β-unsaturated/α-hetero) is 1. The van der Waals surface area contributed by atoms with Gasteiger partial charge in [0.2, 0.25) is 0 Å². The van der Waals surface area contributed by atoms with Crippen molar-refractivity contribution in [2.24, 2.45) is 0 Å². The number of aliphatic hydroxyl groups excluding tert-OH is 1. The van der Waals surface area contributed by atoms with Gasteiger partial charge in [0.1, 0.15) is 0 Å². The average molecular weight is 251 g/mol. The molecule has 0 amide bonds. The van der Waals surface area contributed by atoms with Crippen LogP contribution in [-0.4, -0.2) is 55.7 Å². The zero-order valence-corrected chi connectivity index (χ0v) is 11.0. The third kappa shape index (κ3) is 5.40. The number of ketones is 1. The number of carbonyl (C=O) groups is 1. The summed E-state index contributed by atoms with van der Waals surface area (Å²) in [5.74, 6) is 0.128. The summed E-state index contributed by atoms with van der Waals surface area (Å²) in [6.07, 6.45) is -0.0490. The number of carbonyl (C=O) groups excluding carboxylic acids is 1. The van der Waals surface area contributed by atoms with E-state index < -0.39 is 6.10 Å². The minimum absolute atomic E-state index is 0.128. The van der Waals surface area contributed by atoms with Gasteiger partial charge in [-0.3, -0.25) is 4.79 Å². The maximum Gasteiger partial charge on any atom is 0.164 e. The van der Waals surface area contributed by atoms with Crippen molar-refractivity contribution >= 4 is 5.78 Å². The molecule has 0 fully saturated rings. The molecule has 0 aromatic heterocycles. The lowest BCUT2D eigenvalue weighted by molar-refractivity contribution is 0.0428. The van der Waals surface area contributed by atoms with Gasteiger partial charge in [0, 0.05) is 32.2 Å². The summed E-state index contributed by atoms with van der Waals surface area (Å²) in [6, 6.07) is 9.26. The summed E-state index contributed by atoms with van der Waals surface area (Å²) in [4.78, 5) is 13.8. The second-order valence-corrected chi connectivity index (χ2v) is 4.41. The smallest absolute Gasteiger partial charge is 0.164 e. The molecular formula is C14H21NO3. The fourth-order valence-electron chi connectivity index (χ4n) is 1.76. The number of hydrogen-bond donors (Lipinski definition) is 1. The Morgan fingerprint density at radius 3 is 2.67 bits per heavy atom. The molecule has 0 aliphatic rings. The first-order valence-corrected chi connectivity index (χ1v) is 6.07. The van der Waals surface area contributed by atoms with Crippen molar-refractivity contribution in [1.82, 2.24) is 4.90 Å². The molecule has 0 spiro atoms. The molecule has 1 atom stereocenters. The van der Waals surface area contributed by atoms with Crippen molar-refractivity contribution in [1.29, 1.82) is 0 Å². The Bertz CT molecular complexity index is 353. The molecule has 4 nitrogen and oxygen atoms in total. The average Bonchev–Trinajstić information content (AvgIpc) is 2.37. The van der Waals surface area contributed by atoms with Crippen LogP contribution in [0, 0.1) is 0 Å². The number of hydrogen-bond acceptors (Lipinski definition) is 4. The third-order valence-electron chi connectivity index (χ3n) is 2.70. The first kappa shape index (κ1) is 14.8. The van der Waals surface area contributed by atoms with Gasteiger partial charge in [-0.2, -0.15) is 0 Å². The topological polar surface area (TPSA) is 49.8 Å². The van der Waals surface area contributed by atoms with Gasteiger partial charge in [-0.05, 0) is 7.05 Å². The Hall–Kier alpha value is -1.23. The molecule has 18 heavy (non-hydrogen) atoms. The number of likely N-dealkylation sites (N-methyl/N-ethyl adjacent to an activating group) is 1. The van der Waals surface area contributed by atoms with Crippen LogP contribution in [-0.2, 0) is 4.74 Å². The molecule has 1 unspecified atom stereocenters. The van der Waals surface area contributed by atoms with Crippen LogP contribution in [0.3, 0.4) is 0 Å². The molecule has 0 aliphatic carbocycles. The summed E-state index contributed by atoms with van der Waals surface area (Å²) in [5, 5.41) is 9.55. The minimum atomic E-state index is -0.508. The Morgan fingerprint density at radius 1 is 1.39 bits per heavy atom. The SMILES string of the molecule is COCC(O)CN(C)CCC(=O)c1ccccc1. The molecule has 0 radical (unpaired) electrons. The minimum Gasteiger partial charge on any atom is -0.389 e. The van der Waals surface area contributed by atoms with Crippen LogP contribution >= 0.6 is 0 Å². The van der Waals surface area contributed by atoms with Crippen LogP contribution in [0.2, 0.25) is 0 Å². The second-order valence-electron chi connectivity index (χ2n) is 4.41. The van der Waals surface area contributed by atoms with Gasteiger partial charge in [-0.15, -0.1) is 0 Å². The summed E-state index contributed by atoms with van der Waals surface area (Å²) >= 11 is 0. The highest BCUT2D eigenvalue weighted by Crippen LogP contribution is 2.03. The molecule has 1 aromatic rings. The van der Waals surface area contributed by atoms with E-state index in [1.54, 1.807) is 7.11 Å². The van der Waals surface area contributed by atoms with Crippen LogP contribution in [0.1, 0.15) is 16.8 Å². The summed E-state index contributed by atoms with van der Waals surface area (Å²) in [6.45, 7) is 1.46. The van der Waals surface area contributed by atoms with E-state index in [1.807, 2.05) is 42.3 Å². The highest BCUT2D eigenvalue weighted by atomic mass is 16.5. The van der Waals surface area contributed by atoms with Crippen molar-refractivity contribution in [3.63, 3.8) is 0 Å². The fourth-order valence-corrected chi connectivity index (χ4v) is 1.76. The van der Waals surface area contributed by atoms with E-state index in [2.05, 4.69) is 0 Å². The zero-order valence-electron chi connectivity index (χ0n) is 11.0. The molecule has 0 heterocycles. The highest BCUT2D eigenvalue weighted by molar-refractivity contribution is 5.96. The Labute approximate surface area is 108 Å². The van der Waals surface area contributed by atoms with Gasteiger partial charge in [0.15, 0.2) is 5.78 Å². The summed E-state index contributed by atoms with van der Waals surface area (Å²) in [7, 11) is 3.44. The van der Waals surface area contributed by atoms with Crippen molar-refractivity contribution < 1.29 is 14.6 Å². The number of methoxy groups -OCH3 is 1.